The van der Waals surface area contributed by atoms with Crippen molar-refractivity contribution in [3.8, 4) is 5.75 Å². The molecule has 1 aromatic rings. The number of ether oxygens (including phenoxy) is 18. The molecular formula is C79H123N10O37P. The maximum atomic E-state index is 14.6. The molecule has 127 heavy (non-hydrogen) atoms. The Kier molecular flexibility index (Phi) is 49.8. The summed E-state index contributed by atoms with van der Waals surface area (Å²) in [6.45, 7) is 15.9. The minimum Gasteiger partial charge on any atom is -0.463 e. The number of amides is 8. The van der Waals surface area contributed by atoms with Crippen LogP contribution in [-0.4, -0.2) is 358 Å². The van der Waals surface area contributed by atoms with Crippen LogP contribution in [-0.2, 0) is 162 Å². The van der Waals surface area contributed by atoms with Crippen LogP contribution in [0, 0.1) is 0 Å². The first-order chi connectivity index (χ1) is 60.1. The molecular weight excluding hydrogens is 1710 g/mol. The largest absolute Gasteiger partial charge is 0.463 e. The highest BCUT2D eigenvalue weighted by Gasteiger charge is 2.54. The summed E-state index contributed by atoms with van der Waals surface area (Å²) in [5.41, 5.74) is 0.0371. The number of hydrogen-bond acceptors (Lipinski definition) is 39. The van der Waals surface area contributed by atoms with Gasteiger partial charge in [-0.2, -0.15) is 0 Å². The molecule has 3 saturated heterocycles. The molecule has 3 heterocycles. The van der Waals surface area contributed by atoms with Crippen molar-refractivity contribution in [3.63, 3.8) is 0 Å². The highest BCUT2D eigenvalue weighted by molar-refractivity contribution is 7.45. The summed E-state index contributed by atoms with van der Waals surface area (Å²) in [4.78, 5) is 211. The van der Waals surface area contributed by atoms with Crippen LogP contribution in [0.25, 0.3) is 0 Å². The van der Waals surface area contributed by atoms with Gasteiger partial charge in [0.1, 0.15) is 87.2 Å². The minimum absolute atomic E-state index is 0.0194. The number of nitrogens with zero attached hydrogens (tertiary/aromatic N) is 3. The molecule has 47 nitrogen and oxygen atoms in total. The predicted octanol–water partition coefficient (Wildman–Crippen LogP) is -1.96. The molecule has 18 atom stereocenters. The number of nitrogens with one attached hydrogen (secondary N) is 7. The predicted molar refractivity (Wildman–Crippen MR) is 436 cm³/mol. The molecule has 3 fully saturated rings. The summed E-state index contributed by atoms with van der Waals surface area (Å²) in [5.74, 6) is -11.9. The molecule has 0 aromatic heterocycles. The summed E-state index contributed by atoms with van der Waals surface area (Å²) in [7, 11) is -0.118. The van der Waals surface area contributed by atoms with Crippen LogP contribution in [0.2, 0.25) is 0 Å². The van der Waals surface area contributed by atoms with E-state index in [1.165, 1.54) is 38.1 Å². The van der Waals surface area contributed by atoms with Crippen molar-refractivity contribution in [2.75, 3.05) is 126 Å². The number of carbonyl (C=O) groups excluding carboxylic acids is 16. The normalized spacial score (nSPS) is 22.8. The third kappa shape index (κ3) is 41.4. The molecule has 0 saturated carbocycles. The number of rotatable bonds is 55. The molecule has 8 N–H and O–H groups in total. The van der Waals surface area contributed by atoms with Crippen molar-refractivity contribution < 1.29 is 176 Å². The maximum absolute atomic E-state index is 14.6. The monoisotopic (exact) mass is 1830 g/mol. The Hall–Kier alpha value is -9.88. The first-order valence-electron chi connectivity index (χ1n) is 40.8. The number of aliphatic hydroxyl groups is 1. The Bertz CT molecular complexity index is 3760. The van der Waals surface area contributed by atoms with Crippen molar-refractivity contribution in [1.82, 2.24) is 46.8 Å². The van der Waals surface area contributed by atoms with Crippen LogP contribution in [0.1, 0.15) is 134 Å². The van der Waals surface area contributed by atoms with Gasteiger partial charge in [-0.05, 0) is 65.3 Å². The lowest BCUT2D eigenvalue weighted by atomic mass is 9.96. The fourth-order valence-corrected chi connectivity index (χ4v) is 14.4. The third-order valence-electron chi connectivity index (χ3n) is 17.8. The summed E-state index contributed by atoms with van der Waals surface area (Å²) in [6, 6.07) is 0.545. The Morgan fingerprint density at radius 1 is 0.472 bits per heavy atom. The van der Waals surface area contributed by atoms with Gasteiger partial charge in [-0.15, -0.1) is 0 Å². The van der Waals surface area contributed by atoms with Crippen molar-refractivity contribution in [3.05, 3.63) is 29.8 Å². The third-order valence-corrected chi connectivity index (χ3v) is 19.8. The second-order valence-electron chi connectivity index (χ2n) is 29.2. The van der Waals surface area contributed by atoms with E-state index < -0.39 is 254 Å². The van der Waals surface area contributed by atoms with Crippen LogP contribution in [0.5, 0.6) is 5.75 Å². The van der Waals surface area contributed by atoms with Gasteiger partial charge in [-0.25, -0.2) is 4.67 Å². The Morgan fingerprint density at radius 2 is 0.835 bits per heavy atom. The van der Waals surface area contributed by atoms with E-state index in [0.717, 1.165) is 74.1 Å². The van der Waals surface area contributed by atoms with E-state index in [4.69, 9.17) is 94.3 Å². The van der Waals surface area contributed by atoms with E-state index in [1.807, 2.05) is 32.4 Å². The molecule has 0 spiro atoms. The second-order valence-corrected chi connectivity index (χ2v) is 30.6. The average Bonchev–Trinajstić information content (AvgIpc) is 0.794. The summed E-state index contributed by atoms with van der Waals surface area (Å²) in [6.07, 6.45) is -17.2. The topological polar surface area (TPSA) is 581 Å². The molecule has 18 unspecified atom stereocenters. The quantitative estimate of drug-likeness (QED) is 0.00877. The maximum Gasteiger partial charge on any atom is 0.321 e. The first-order valence-corrected chi connectivity index (χ1v) is 42.0. The highest BCUT2D eigenvalue weighted by atomic mass is 31.2. The molecule has 8 amide bonds. The molecule has 4 rings (SSSR count). The van der Waals surface area contributed by atoms with E-state index in [0.29, 0.717) is 5.75 Å². The zero-order valence-electron chi connectivity index (χ0n) is 74.4. The van der Waals surface area contributed by atoms with Gasteiger partial charge in [0.05, 0.1) is 66.1 Å². The van der Waals surface area contributed by atoms with Crippen LogP contribution in [0.15, 0.2) is 29.3 Å². The number of carbonyl (C=O) groups is 16. The van der Waals surface area contributed by atoms with Crippen LogP contribution >= 0.6 is 8.53 Å². The Labute approximate surface area is 736 Å². The van der Waals surface area contributed by atoms with Gasteiger partial charge in [0, 0.05) is 133 Å². The van der Waals surface area contributed by atoms with Crippen LogP contribution in [0.4, 0.5) is 0 Å². The standard InChI is InChI=1S/C79H123N10O37P/c1-43(2)89(44(3)4)127(116-31-24-80-17)126-58-20-18-57(19-21-58)75(105)87-59(76(106)83-27-30-109-34-37-112-79-68(86-47(7)92)74(122-56(16)101)71(119-53(13)98)62(125-79)42-115-50(10)95)22-23-65(104)88(38-63(102)81-25-28-107-32-35-110-77-66(84-45(5)90)72(120-54(14)99)69(117-51(11)96)60(123-77)40-113-48(8)93)39-64(103)82-26-29-108-33-36-111-78-67(85-46(6)91)73(121-55(15)100)70(118-52(12)97)61(124-78)41-114-49(9)94/h18-21,24,43-44,54,59-62,66-74,77-79,99H,22-23,25-42H2,1-17H3,(H,81,102)(H,82,103)(H,83,106)(H,84,90)(H,85,91)(H,86,92)(H,87,105)/b80-24-. The first kappa shape index (κ1) is 109. The summed E-state index contributed by atoms with van der Waals surface area (Å²) in [5, 5.41) is 28.7. The van der Waals surface area contributed by atoms with Crippen molar-refractivity contribution in [2.45, 2.75) is 240 Å². The zero-order valence-corrected chi connectivity index (χ0v) is 75.3. The number of aliphatic imine (C=N–C) groups is 1. The minimum atomic E-state index is -1.72. The fourth-order valence-electron chi connectivity index (χ4n) is 12.9. The lowest BCUT2D eigenvalue weighted by Gasteiger charge is -2.45. The molecule has 0 aliphatic carbocycles. The van der Waals surface area contributed by atoms with Gasteiger partial charge < -0.3 is 142 Å². The number of esters is 8. The zero-order chi connectivity index (χ0) is 94.6. The number of benzene rings is 1. The highest BCUT2D eigenvalue weighted by Crippen LogP contribution is 2.46. The van der Waals surface area contributed by atoms with Gasteiger partial charge in [0.25, 0.3) is 5.91 Å². The molecule has 0 radical (unpaired) electrons. The lowest BCUT2D eigenvalue weighted by Crippen LogP contribution is -2.66. The van der Waals surface area contributed by atoms with Crippen molar-refractivity contribution in [1.29, 1.82) is 0 Å². The van der Waals surface area contributed by atoms with Crippen LogP contribution in [0.3, 0.4) is 0 Å². The Balaban J connectivity index is 1.60. The van der Waals surface area contributed by atoms with Crippen LogP contribution < -0.4 is 41.7 Å². The molecule has 1 aromatic carbocycles. The van der Waals surface area contributed by atoms with Gasteiger partial charge in [0.15, 0.2) is 55.7 Å². The Morgan fingerprint density at radius 3 is 1.18 bits per heavy atom. The number of hydrogen-bond donors (Lipinski definition) is 8. The van der Waals surface area contributed by atoms with E-state index in [1.54, 1.807) is 13.3 Å². The lowest BCUT2D eigenvalue weighted by molar-refractivity contribution is -0.297. The van der Waals surface area contributed by atoms with Crippen molar-refractivity contribution >= 4 is 110 Å². The van der Waals surface area contributed by atoms with E-state index >= 15 is 0 Å². The van der Waals surface area contributed by atoms with Gasteiger partial charge >= 0.3 is 56.3 Å². The fraction of sp³-hybridized carbons (Fsp3) is 0.709. The summed E-state index contributed by atoms with van der Waals surface area (Å²) < 4.78 is 116. The molecule has 0 bridgehead atoms. The molecule has 3 aliphatic rings. The molecule has 48 heteroatoms. The second kappa shape index (κ2) is 57.8. The average molecular weight is 1840 g/mol. The van der Waals surface area contributed by atoms with E-state index in [2.05, 4.69) is 42.2 Å². The van der Waals surface area contributed by atoms with E-state index in [9.17, 15) is 81.8 Å². The van der Waals surface area contributed by atoms with E-state index in [-0.39, 0.29) is 103 Å². The van der Waals surface area contributed by atoms with Crippen molar-refractivity contribution in [2.24, 2.45) is 4.99 Å². The SMILES string of the molecule is C/N=C\COP(Oc1ccc(C(=O)NC(CCC(=O)N(CC(=O)NCCOCCOC2OC(COC(C)=O)C(OC(C)=O)C(OC(C)=O)C2NC(C)=O)CC(=O)NCCOCCOC2OC(COC(C)=O)C(OC(C)=O)C(OC(C)O)C2NC(C)=O)C(=O)NCCOCCOC2OC(COC(C)=O)C(OC(C)=O)C(OC(C)=O)C2NC(C)=O)cc1)N(C(C)C)C(C)C. The van der Waals surface area contributed by atoms with Gasteiger partial charge in [-0.1, -0.05) is 0 Å². The molecule has 3 aliphatic heterocycles. The number of aliphatic hydroxyl groups excluding tert-OH is 1. The summed E-state index contributed by atoms with van der Waals surface area (Å²) >= 11 is 0. The van der Waals surface area contributed by atoms with Gasteiger partial charge in [0.2, 0.25) is 41.4 Å². The smallest absolute Gasteiger partial charge is 0.321 e. The van der Waals surface area contributed by atoms with Gasteiger partial charge in [-0.3, -0.25) is 81.7 Å². The molecule has 716 valence electrons.